The number of carbonyl (C=O) groups is 1. The third-order valence-electron chi connectivity index (χ3n) is 10.6. The Balaban J connectivity index is 4.07. The maximum Gasteiger partial charge on any atom is 0.268 e. The average molecular weight is 949 g/mol. The summed E-state index contributed by atoms with van der Waals surface area (Å²) in [5, 5.41) is 13.7. The lowest BCUT2D eigenvalue weighted by Crippen LogP contribution is -2.45. The van der Waals surface area contributed by atoms with E-state index in [2.05, 4.69) is 141 Å². The van der Waals surface area contributed by atoms with E-state index in [1.165, 1.54) is 38.5 Å². The molecule has 0 fully saturated rings. The molecule has 0 aromatic rings. The monoisotopic (exact) mass is 949 g/mol. The molecular weight excluding hydrogens is 852 g/mol. The molecule has 0 bridgehead atoms. The smallest absolute Gasteiger partial charge is 0.268 e. The Kier molecular flexibility index (Phi) is 45.3. The van der Waals surface area contributed by atoms with Crippen LogP contribution >= 0.6 is 7.82 Å². The zero-order chi connectivity index (χ0) is 49.2. The molecule has 0 saturated heterocycles. The van der Waals surface area contributed by atoms with E-state index in [4.69, 9.17) is 9.05 Å². The van der Waals surface area contributed by atoms with Crippen molar-refractivity contribution in [3.05, 3.63) is 134 Å². The lowest BCUT2D eigenvalue weighted by Gasteiger charge is -2.29. The lowest BCUT2D eigenvalue weighted by atomic mass is 10.1. The van der Waals surface area contributed by atoms with Crippen LogP contribution in [0.1, 0.15) is 174 Å². The highest BCUT2D eigenvalue weighted by Crippen LogP contribution is 2.38. The third-order valence-corrected chi connectivity index (χ3v) is 11.6. The van der Waals surface area contributed by atoms with E-state index < -0.39 is 26.6 Å². The Labute approximate surface area is 411 Å². The van der Waals surface area contributed by atoms with Gasteiger partial charge in [-0.3, -0.25) is 9.36 Å². The number of rotatable bonds is 45. The molecule has 0 rings (SSSR count). The summed E-state index contributed by atoms with van der Waals surface area (Å²) in [6, 6.07) is -0.913. The van der Waals surface area contributed by atoms with Crippen molar-refractivity contribution >= 4 is 13.7 Å². The zero-order valence-corrected chi connectivity index (χ0v) is 43.9. The van der Waals surface area contributed by atoms with Crippen molar-refractivity contribution in [2.45, 2.75) is 187 Å². The minimum atomic E-state index is -4.60. The van der Waals surface area contributed by atoms with Gasteiger partial charge in [0, 0.05) is 6.42 Å². The molecule has 0 radical (unpaired) electrons. The van der Waals surface area contributed by atoms with Gasteiger partial charge in [0.1, 0.15) is 13.2 Å². The van der Waals surface area contributed by atoms with Gasteiger partial charge in [0.05, 0.1) is 39.9 Å². The number of aliphatic hydroxyl groups is 1. The highest BCUT2D eigenvalue weighted by atomic mass is 31.2. The van der Waals surface area contributed by atoms with Crippen molar-refractivity contribution in [3.8, 4) is 0 Å². The second-order valence-corrected chi connectivity index (χ2v) is 19.5. The fourth-order valence-corrected chi connectivity index (χ4v) is 7.22. The molecule has 1 amide bonds. The molecule has 0 aromatic heterocycles. The molecular formula is C58H97N2O6P. The van der Waals surface area contributed by atoms with Gasteiger partial charge in [0.25, 0.3) is 7.82 Å². The number of nitrogens with zero attached hydrogens (tertiary/aromatic N) is 1. The number of carbonyl (C=O) groups excluding carboxylic acids is 1. The second kappa shape index (κ2) is 47.7. The van der Waals surface area contributed by atoms with E-state index in [0.29, 0.717) is 17.4 Å². The summed E-state index contributed by atoms with van der Waals surface area (Å²) >= 11 is 0. The summed E-state index contributed by atoms with van der Waals surface area (Å²) in [5.41, 5.74) is 0. The largest absolute Gasteiger partial charge is 0.756 e. The van der Waals surface area contributed by atoms with Crippen molar-refractivity contribution in [3.63, 3.8) is 0 Å². The fraction of sp³-hybridized carbons (Fsp3) is 0.603. The molecule has 0 spiro atoms. The highest BCUT2D eigenvalue weighted by Gasteiger charge is 2.23. The minimum absolute atomic E-state index is 0.0149. The first-order valence-electron chi connectivity index (χ1n) is 26.0. The van der Waals surface area contributed by atoms with Crippen LogP contribution < -0.4 is 10.2 Å². The van der Waals surface area contributed by atoms with Gasteiger partial charge in [-0.15, -0.1) is 0 Å². The molecule has 380 valence electrons. The molecule has 0 aromatic carbocycles. The molecule has 3 unspecified atom stereocenters. The maximum atomic E-state index is 12.8. The Morgan fingerprint density at radius 2 is 0.925 bits per heavy atom. The molecule has 9 heteroatoms. The first kappa shape index (κ1) is 63.6. The first-order valence-corrected chi connectivity index (χ1v) is 27.5. The number of phosphoric ester groups is 1. The van der Waals surface area contributed by atoms with Gasteiger partial charge in [-0.05, 0) is 96.3 Å². The minimum Gasteiger partial charge on any atom is -0.756 e. The predicted octanol–water partition coefficient (Wildman–Crippen LogP) is 15.0. The molecule has 0 aliphatic heterocycles. The van der Waals surface area contributed by atoms with E-state index in [1.54, 1.807) is 6.08 Å². The summed E-state index contributed by atoms with van der Waals surface area (Å²) in [5.74, 6) is -0.225. The van der Waals surface area contributed by atoms with Crippen molar-refractivity contribution in [1.82, 2.24) is 5.32 Å². The molecule has 0 aliphatic rings. The predicted molar refractivity (Wildman–Crippen MR) is 288 cm³/mol. The van der Waals surface area contributed by atoms with Crippen LogP contribution in [-0.2, 0) is 18.4 Å². The topological polar surface area (TPSA) is 108 Å². The molecule has 0 aliphatic carbocycles. The van der Waals surface area contributed by atoms with Crippen LogP contribution in [0.15, 0.2) is 134 Å². The van der Waals surface area contributed by atoms with Crippen molar-refractivity contribution in [2.24, 2.45) is 0 Å². The number of nitrogens with one attached hydrogen (secondary N) is 1. The number of likely N-dealkylation sites (N-methyl/N-ethyl adjacent to an activating group) is 1. The molecule has 3 atom stereocenters. The number of amides is 1. The van der Waals surface area contributed by atoms with Crippen LogP contribution in [0.2, 0.25) is 0 Å². The average Bonchev–Trinajstić information content (AvgIpc) is 3.29. The van der Waals surface area contributed by atoms with Crippen LogP contribution in [0.3, 0.4) is 0 Å². The first-order chi connectivity index (χ1) is 32.5. The SMILES string of the molecule is CC/C=C\C/C=C\C/C=C\C/C=C\C/C=C\C/C=C\C/C=C\C/C=C\C/C=C\CCCCCCCCCCCC(=O)NC(COP(=O)([O-])OCC[N+](C)(C)C)C(O)/C=C/CC/C=C/CCCC. The number of aliphatic hydroxyl groups excluding tert-OH is 1. The standard InChI is InChI=1S/C58H97N2O6P/c1-6-8-10-12-14-16-17-18-19-20-21-22-23-24-25-26-27-28-29-30-31-32-33-34-35-36-37-38-39-40-41-42-43-44-46-48-50-52-58(62)59-56(55-66-67(63,64)65-54-53-60(3,4)5)57(61)51-49-47-45-15-13-11-9-7-2/h8,10,13-16,18-19,21-22,24-25,27-28,30-31,33-34,36-37,49,51,56-57,61H,6-7,9,11-12,17,20,23,26,29,32,35,38-48,50,52-55H2,1-5H3,(H-,59,62,63,64)/b10-8-,15-13+,16-14-,19-18-,22-21-,25-24-,28-27-,31-30-,34-33-,37-36-,51-49+. The molecule has 2 N–H and O–H groups in total. The van der Waals surface area contributed by atoms with Crippen LogP contribution in [0.25, 0.3) is 0 Å². The normalized spacial score (nSPS) is 15.1. The quantitative estimate of drug-likeness (QED) is 0.0272. The van der Waals surface area contributed by atoms with Gasteiger partial charge in [-0.1, -0.05) is 205 Å². The van der Waals surface area contributed by atoms with E-state index in [9.17, 15) is 19.4 Å². The van der Waals surface area contributed by atoms with Crippen LogP contribution in [0.4, 0.5) is 0 Å². The number of hydrogen-bond acceptors (Lipinski definition) is 6. The van der Waals surface area contributed by atoms with Crippen LogP contribution in [0.5, 0.6) is 0 Å². The second-order valence-electron chi connectivity index (χ2n) is 18.1. The van der Waals surface area contributed by atoms with E-state index in [0.717, 1.165) is 116 Å². The number of allylic oxidation sites excluding steroid dienone is 21. The fourth-order valence-electron chi connectivity index (χ4n) is 6.50. The molecule has 0 heterocycles. The molecule has 8 nitrogen and oxygen atoms in total. The Morgan fingerprint density at radius 3 is 1.39 bits per heavy atom. The van der Waals surface area contributed by atoms with Crippen molar-refractivity contribution < 1.29 is 32.9 Å². The van der Waals surface area contributed by atoms with Crippen LogP contribution in [0, 0.1) is 0 Å². The summed E-state index contributed by atoms with van der Waals surface area (Å²) in [6.07, 6.45) is 72.6. The summed E-state index contributed by atoms with van der Waals surface area (Å²) in [7, 11) is 1.21. The highest BCUT2D eigenvalue weighted by molar-refractivity contribution is 7.45. The molecule has 67 heavy (non-hydrogen) atoms. The van der Waals surface area contributed by atoms with Gasteiger partial charge < -0.3 is 28.8 Å². The number of phosphoric acid groups is 1. The van der Waals surface area contributed by atoms with E-state index in [1.807, 2.05) is 27.2 Å². The van der Waals surface area contributed by atoms with Crippen molar-refractivity contribution in [2.75, 3.05) is 40.9 Å². The van der Waals surface area contributed by atoms with Crippen LogP contribution in [-0.4, -0.2) is 68.5 Å². The summed E-state index contributed by atoms with van der Waals surface area (Å²) in [4.78, 5) is 25.3. The van der Waals surface area contributed by atoms with Gasteiger partial charge in [-0.25, -0.2) is 0 Å². The summed E-state index contributed by atoms with van der Waals surface area (Å²) in [6.45, 7) is 4.39. The maximum absolute atomic E-state index is 12.8. The summed E-state index contributed by atoms with van der Waals surface area (Å²) < 4.78 is 23.1. The van der Waals surface area contributed by atoms with Gasteiger partial charge >= 0.3 is 0 Å². The Morgan fingerprint density at radius 1 is 0.537 bits per heavy atom. The van der Waals surface area contributed by atoms with Crippen molar-refractivity contribution in [1.29, 1.82) is 0 Å². The Bertz CT molecular complexity index is 1540. The van der Waals surface area contributed by atoms with Gasteiger partial charge in [-0.2, -0.15) is 0 Å². The Hall–Kier alpha value is -3.36. The number of hydrogen-bond donors (Lipinski definition) is 2. The van der Waals surface area contributed by atoms with Gasteiger partial charge in [0.15, 0.2) is 0 Å². The van der Waals surface area contributed by atoms with Gasteiger partial charge in [0.2, 0.25) is 5.91 Å². The van der Waals surface area contributed by atoms with E-state index in [-0.39, 0.29) is 12.5 Å². The number of quaternary nitrogens is 1. The third kappa shape index (κ3) is 50.3. The molecule has 0 saturated carbocycles. The number of unbranched alkanes of at least 4 members (excludes halogenated alkanes) is 12. The zero-order valence-electron chi connectivity index (χ0n) is 43.0. The van der Waals surface area contributed by atoms with E-state index >= 15 is 0 Å². The lowest BCUT2D eigenvalue weighted by molar-refractivity contribution is -0.870.